The summed E-state index contributed by atoms with van der Waals surface area (Å²) in [5, 5.41) is 11.4. The molecule has 0 aliphatic carbocycles. The predicted octanol–water partition coefficient (Wildman–Crippen LogP) is 2.34. The van der Waals surface area contributed by atoms with Crippen LogP contribution in [0.5, 0.6) is 5.75 Å². The second kappa shape index (κ2) is 6.16. The Bertz CT molecular complexity index is 529. The Hall–Kier alpha value is -2.04. The zero-order valence-corrected chi connectivity index (χ0v) is 13.2. The van der Waals surface area contributed by atoms with Gasteiger partial charge in [-0.3, -0.25) is 4.79 Å². The minimum atomic E-state index is -1.32. The third-order valence-electron chi connectivity index (χ3n) is 3.04. The third kappa shape index (κ3) is 4.77. The largest absolute Gasteiger partial charge is 0.483 e. The molecule has 0 spiro atoms. The van der Waals surface area contributed by atoms with Crippen LogP contribution in [0, 0.1) is 0 Å². The molecule has 0 unspecified atom stereocenters. The minimum absolute atomic E-state index is 0.104. The second-order valence-electron chi connectivity index (χ2n) is 6.51. The maximum atomic E-state index is 11.8. The fraction of sp³-hybridized carbons (Fsp3) is 0.500. The fourth-order valence-electron chi connectivity index (χ4n) is 1.79. The van der Waals surface area contributed by atoms with Crippen molar-refractivity contribution in [1.82, 2.24) is 5.32 Å². The van der Waals surface area contributed by atoms with E-state index in [1.54, 1.807) is 6.07 Å². The van der Waals surface area contributed by atoms with E-state index in [-0.39, 0.29) is 12.0 Å². The number of carboxylic acid groups (broad SMARTS) is 1. The van der Waals surface area contributed by atoms with Crippen LogP contribution in [-0.2, 0) is 15.0 Å². The van der Waals surface area contributed by atoms with Gasteiger partial charge in [0.15, 0.2) is 6.61 Å². The first-order valence-electron chi connectivity index (χ1n) is 6.81. The number of rotatable bonds is 5. The van der Waals surface area contributed by atoms with Crippen LogP contribution < -0.4 is 10.1 Å². The first-order valence-corrected chi connectivity index (χ1v) is 6.81. The molecule has 1 rings (SSSR count). The van der Waals surface area contributed by atoms with Crippen LogP contribution in [0.25, 0.3) is 0 Å². The van der Waals surface area contributed by atoms with Crippen molar-refractivity contribution in [3.63, 3.8) is 0 Å². The normalized spacial score (nSPS) is 11.9. The number of carbonyl (C=O) groups excluding carboxylic acids is 1. The lowest BCUT2D eigenvalue weighted by molar-refractivity contribution is -0.146. The molecule has 1 aromatic rings. The molecule has 116 valence electrons. The Morgan fingerprint density at radius 2 is 1.71 bits per heavy atom. The van der Waals surface area contributed by atoms with Crippen molar-refractivity contribution in [2.24, 2.45) is 0 Å². The summed E-state index contributed by atoms with van der Waals surface area (Å²) < 4.78 is 5.55. The molecule has 0 aromatic heterocycles. The molecule has 0 aliphatic rings. The van der Waals surface area contributed by atoms with E-state index in [4.69, 9.17) is 9.84 Å². The van der Waals surface area contributed by atoms with E-state index in [0.29, 0.717) is 5.75 Å². The van der Waals surface area contributed by atoms with Gasteiger partial charge in [0.1, 0.15) is 11.3 Å². The quantitative estimate of drug-likeness (QED) is 0.873. The highest BCUT2D eigenvalue weighted by molar-refractivity contribution is 5.86. The molecule has 21 heavy (non-hydrogen) atoms. The first kappa shape index (κ1) is 17.0. The highest BCUT2D eigenvalue weighted by atomic mass is 16.5. The van der Waals surface area contributed by atoms with Gasteiger partial charge in [0.25, 0.3) is 5.91 Å². The van der Waals surface area contributed by atoms with E-state index in [1.165, 1.54) is 13.8 Å². The summed E-state index contributed by atoms with van der Waals surface area (Å²) in [6.45, 7) is 8.81. The molecular weight excluding hydrogens is 270 g/mol. The number of nitrogens with one attached hydrogen (secondary N) is 1. The molecule has 0 radical (unpaired) electrons. The van der Waals surface area contributed by atoms with Crippen molar-refractivity contribution in [3.05, 3.63) is 29.8 Å². The van der Waals surface area contributed by atoms with E-state index in [9.17, 15) is 9.59 Å². The number of carbonyl (C=O) groups is 2. The van der Waals surface area contributed by atoms with Gasteiger partial charge in [-0.25, -0.2) is 4.79 Å². The molecule has 2 N–H and O–H groups in total. The third-order valence-corrected chi connectivity index (χ3v) is 3.04. The molecule has 0 aliphatic heterocycles. The SMILES string of the molecule is CC(C)(NC(=O)COc1ccccc1C(C)(C)C)C(=O)O. The Morgan fingerprint density at radius 1 is 1.14 bits per heavy atom. The van der Waals surface area contributed by atoms with Crippen LogP contribution in [-0.4, -0.2) is 29.1 Å². The van der Waals surface area contributed by atoms with E-state index in [0.717, 1.165) is 5.56 Å². The molecule has 5 heteroatoms. The van der Waals surface area contributed by atoms with E-state index in [2.05, 4.69) is 26.1 Å². The number of amides is 1. The van der Waals surface area contributed by atoms with Crippen molar-refractivity contribution in [1.29, 1.82) is 0 Å². The number of benzene rings is 1. The average Bonchev–Trinajstić information content (AvgIpc) is 2.35. The summed E-state index contributed by atoms with van der Waals surface area (Å²) >= 11 is 0. The van der Waals surface area contributed by atoms with Gasteiger partial charge >= 0.3 is 5.97 Å². The lowest BCUT2D eigenvalue weighted by Crippen LogP contribution is -2.51. The van der Waals surface area contributed by atoms with Gasteiger partial charge in [0.2, 0.25) is 0 Å². The fourth-order valence-corrected chi connectivity index (χ4v) is 1.79. The summed E-state index contributed by atoms with van der Waals surface area (Å²) in [7, 11) is 0. The highest BCUT2D eigenvalue weighted by Crippen LogP contribution is 2.30. The summed E-state index contributed by atoms with van der Waals surface area (Å²) in [5.74, 6) is -0.926. The average molecular weight is 293 g/mol. The van der Waals surface area contributed by atoms with Crippen LogP contribution in [0.3, 0.4) is 0 Å². The molecule has 0 atom stereocenters. The standard InChI is InChI=1S/C16H23NO4/c1-15(2,3)11-8-6-7-9-12(11)21-10-13(18)17-16(4,5)14(19)20/h6-9H,10H2,1-5H3,(H,17,18)(H,19,20). The number of aliphatic carboxylic acids is 1. The maximum absolute atomic E-state index is 11.8. The molecule has 0 saturated carbocycles. The summed E-state index contributed by atoms with van der Waals surface area (Å²) in [6, 6.07) is 7.51. The molecule has 1 amide bonds. The number of carboxylic acids is 1. The Kier molecular flexibility index (Phi) is 4.99. The molecule has 0 bridgehead atoms. The second-order valence-corrected chi connectivity index (χ2v) is 6.51. The van der Waals surface area contributed by atoms with Gasteiger partial charge in [-0.15, -0.1) is 0 Å². The minimum Gasteiger partial charge on any atom is -0.483 e. The smallest absolute Gasteiger partial charge is 0.328 e. The van der Waals surface area contributed by atoms with Crippen molar-refractivity contribution in [2.45, 2.75) is 45.6 Å². The topological polar surface area (TPSA) is 75.6 Å². The number of ether oxygens (including phenoxy) is 1. The zero-order valence-electron chi connectivity index (χ0n) is 13.2. The lowest BCUT2D eigenvalue weighted by atomic mass is 9.86. The summed E-state index contributed by atoms with van der Waals surface area (Å²) in [5.41, 5.74) is -0.424. The van der Waals surface area contributed by atoms with Gasteiger partial charge in [0.05, 0.1) is 0 Å². The van der Waals surface area contributed by atoms with Crippen molar-refractivity contribution in [2.75, 3.05) is 6.61 Å². The number of hydrogen-bond donors (Lipinski definition) is 2. The Balaban J connectivity index is 2.73. The van der Waals surface area contributed by atoms with E-state index < -0.39 is 17.4 Å². The molecule has 0 fully saturated rings. The van der Waals surface area contributed by atoms with Crippen molar-refractivity contribution >= 4 is 11.9 Å². The molecule has 1 aromatic carbocycles. The van der Waals surface area contributed by atoms with Crippen LogP contribution in [0.1, 0.15) is 40.2 Å². The summed E-state index contributed by atoms with van der Waals surface area (Å²) in [6.07, 6.45) is 0. The first-order chi connectivity index (χ1) is 9.54. The maximum Gasteiger partial charge on any atom is 0.328 e. The lowest BCUT2D eigenvalue weighted by Gasteiger charge is -2.24. The number of para-hydroxylation sites is 1. The van der Waals surface area contributed by atoms with Crippen LogP contribution in [0.15, 0.2) is 24.3 Å². The van der Waals surface area contributed by atoms with Gasteiger partial charge < -0.3 is 15.2 Å². The van der Waals surface area contributed by atoms with E-state index in [1.807, 2.05) is 18.2 Å². The van der Waals surface area contributed by atoms with Crippen LogP contribution in [0.4, 0.5) is 0 Å². The van der Waals surface area contributed by atoms with Gasteiger partial charge in [-0.1, -0.05) is 39.0 Å². The monoisotopic (exact) mass is 293 g/mol. The highest BCUT2D eigenvalue weighted by Gasteiger charge is 2.29. The molecule has 5 nitrogen and oxygen atoms in total. The van der Waals surface area contributed by atoms with Crippen molar-refractivity contribution in [3.8, 4) is 5.75 Å². The van der Waals surface area contributed by atoms with Gasteiger partial charge in [-0.2, -0.15) is 0 Å². The van der Waals surface area contributed by atoms with Crippen LogP contribution >= 0.6 is 0 Å². The zero-order chi connectivity index (χ0) is 16.3. The molecule has 0 saturated heterocycles. The summed E-state index contributed by atoms with van der Waals surface area (Å²) in [4.78, 5) is 22.8. The predicted molar refractivity (Wildman–Crippen MR) is 80.5 cm³/mol. The Labute approximate surface area is 125 Å². The van der Waals surface area contributed by atoms with Gasteiger partial charge in [-0.05, 0) is 30.9 Å². The number of hydrogen-bond acceptors (Lipinski definition) is 3. The van der Waals surface area contributed by atoms with E-state index >= 15 is 0 Å². The molecule has 0 heterocycles. The van der Waals surface area contributed by atoms with Crippen LogP contribution in [0.2, 0.25) is 0 Å². The van der Waals surface area contributed by atoms with Gasteiger partial charge in [0, 0.05) is 0 Å². The van der Waals surface area contributed by atoms with Crippen molar-refractivity contribution < 1.29 is 19.4 Å². The molecular formula is C16H23NO4. The Morgan fingerprint density at radius 3 is 2.24 bits per heavy atom.